The number of hydrogen-bond acceptors (Lipinski definition) is 4. The van der Waals surface area contributed by atoms with Gasteiger partial charge in [-0.15, -0.1) is 17.5 Å². The van der Waals surface area contributed by atoms with Crippen LogP contribution in [-0.2, 0) is 0 Å². The predicted molar refractivity (Wildman–Crippen MR) is 73.2 cm³/mol. The average Bonchev–Trinajstić information content (AvgIpc) is 3.10. The van der Waals surface area contributed by atoms with Crippen LogP contribution in [0.5, 0.6) is 0 Å². The van der Waals surface area contributed by atoms with Crippen LogP contribution in [0.1, 0.15) is 55.1 Å². The normalized spacial score (nSPS) is 26.6. The second-order valence-electron chi connectivity index (χ2n) is 5.40. The van der Waals surface area contributed by atoms with E-state index in [-0.39, 0.29) is 24.4 Å². The van der Waals surface area contributed by atoms with Gasteiger partial charge in [-0.2, -0.15) is 0 Å². The molecular formula is C12H20ClN5O. The summed E-state index contributed by atoms with van der Waals surface area (Å²) in [6, 6.07) is 1.00. The molecule has 3 rings (SSSR count). The summed E-state index contributed by atoms with van der Waals surface area (Å²) in [6.45, 7) is 0. The minimum absolute atomic E-state index is 0. The third-order valence-corrected chi connectivity index (χ3v) is 3.77. The second-order valence-corrected chi connectivity index (χ2v) is 5.40. The van der Waals surface area contributed by atoms with Gasteiger partial charge in [-0.3, -0.25) is 4.79 Å². The SMILES string of the molecule is Cl.NC1CCC(NC(=O)c2cn(C3CC3)nn2)CC1. The van der Waals surface area contributed by atoms with E-state index in [1.54, 1.807) is 10.9 Å². The number of carbonyl (C=O) groups is 1. The number of aromatic nitrogens is 3. The Hall–Kier alpha value is -1.14. The Morgan fingerprint density at radius 2 is 1.95 bits per heavy atom. The smallest absolute Gasteiger partial charge is 0.273 e. The van der Waals surface area contributed by atoms with Crippen molar-refractivity contribution >= 4 is 18.3 Å². The summed E-state index contributed by atoms with van der Waals surface area (Å²) >= 11 is 0. The standard InChI is InChI=1S/C12H19N5O.ClH/c13-8-1-3-9(4-2-8)14-12(18)11-7-17(16-15-11)10-5-6-10;/h7-10H,1-6,13H2,(H,14,18);1H. The summed E-state index contributed by atoms with van der Waals surface area (Å²) in [7, 11) is 0. The molecule has 106 valence electrons. The van der Waals surface area contributed by atoms with Crippen molar-refractivity contribution in [3.63, 3.8) is 0 Å². The van der Waals surface area contributed by atoms with Gasteiger partial charge in [-0.25, -0.2) is 4.68 Å². The highest BCUT2D eigenvalue weighted by Gasteiger charge is 2.27. The van der Waals surface area contributed by atoms with Crippen LogP contribution in [0.4, 0.5) is 0 Å². The lowest BCUT2D eigenvalue weighted by atomic mass is 9.92. The lowest BCUT2D eigenvalue weighted by Crippen LogP contribution is -2.40. The zero-order valence-corrected chi connectivity index (χ0v) is 11.6. The highest BCUT2D eigenvalue weighted by molar-refractivity contribution is 5.92. The number of amides is 1. The van der Waals surface area contributed by atoms with Gasteiger partial charge in [0.2, 0.25) is 0 Å². The molecule has 1 aromatic rings. The van der Waals surface area contributed by atoms with Crippen molar-refractivity contribution in [2.45, 2.75) is 56.7 Å². The van der Waals surface area contributed by atoms with Crippen molar-refractivity contribution in [3.8, 4) is 0 Å². The summed E-state index contributed by atoms with van der Waals surface area (Å²) in [5.74, 6) is -0.109. The van der Waals surface area contributed by atoms with Crippen LogP contribution in [0.3, 0.4) is 0 Å². The summed E-state index contributed by atoms with van der Waals surface area (Å²) in [5, 5.41) is 10.9. The van der Waals surface area contributed by atoms with Crippen molar-refractivity contribution in [2.24, 2.45) is 5.73 Å². The maximum Gasteiger partial charge on any atom is 0.273 e. The Bertz CT molecular complexity index is 437. The Balaban J connectivity index is 0.00000133. The monoisotopic (exact) mass is 285 g/mol. The molecule has 3 N–H and O–H groups in total. The first-order valence-electron chi connectivity index (χ1n) is 6.70. The fourth-order valence-electron chi connectivity index (χ4n) is 2.42. The van der Waals surface area contributed by atoms with E-state index in [0.717, 1.165) is 38.5 Å². The Morgan fingerprint density at radius 3 is 2.58 bits per heavy atom. The molecule has 0 aliphatic heterocycles. The number of nitrogens with zero attached hydrogens (tertiary/aromatic N) is 3. The molecule has 0 spiro atoms. The van der Waals surface area contributed by atoms with E-state index in [0.29, 0.717) is 17.8 Å². The van der Waals surface area contributed by atoms with E-state index in [9.17, 15) is 4.79 Å². The van der Waals surface area contributed by atoms with Gasteiger partial charge in [0.25, 0.3) is 5.91 Å². The average molecular weight is 286 g/mol. The van der Waals surface area contributed by atoms with Crippen molar-refractivity contribution in [3.05, 3.63) is 11.9 Å². The van der Waals surface area contributed by atoms with Crippen LogP contribution in [-0.4, -0.2) is 33.0 Å². The molecule has 1 amide bonds. The van der Waals surface area contributed by atoms with Crippen LogP contribution in [0.25, 0.3) is 0 Å². The van der Waals surface area contributed by atoms with E-state index in [2.05, 4.69) is 15.6 Å². The molecule has 0 atom stereocenters. The highest BCUT2D eigenvalue weighted by atomic mass is 35.5. The van der Waals surface area contributed by atoms with Crippen molar-refractivity contribution < 1.29 is 4.79 Å². The van der Waals surface area contributed by atoms with Gasteiger partial charge in [0.15, 0.2) is 5.69 Å². The summed E-state index contributed by atoms with van der Waals surface area (Å²) in [6.07, 6.45) is 7.93. The summed E-state index contributed by atoms with van der Waals surface area (Å²) < 4.78 is 1.80. The zero-order valence-electron chi connectivity index (χ0n) is 10.8. The van der Waals surface area contributed by atoms with Gasteiger partial charge in [0.1, 0.15) is 0 Å². The summed E-state index contributed by atoms with van der Waals surface area (Å²) in [5.41, 5.74) is 6.27. The molecule has 6 nitrogen and oxygen atoms in total. The molecule has 2 fully saturated rings. The molecule has 1 heterocycles. The Kier molecular flexibility index (Phi) is 4.42. The minimum Gasteiger partial charge on any atom is -0.348 e. The number of halogens is 1. The van der Waals surface area contributed by atoms with E-state index in [4.69, 9.17) is 5.73 Å². The van der Waals surface area contributed by atoms with Crippen molar-refractivity contribution in [2.75, 3.05) is 0 Å². The number of nitrogens with two attached hydrogens (primary N) is 1. The maximum atomic E-state index is 12.0. The Labute approximate surface area is 118 Å². The fourth-order valence-corrected chi connectivity index (χ4v) is 2.42. The minimum atomic E-state index is -0.109. The van der Waals surface area contributed by atoms with E-state index in [1.807, 2.05) is 0 Å². The second kappa shape index (κ2) is 5.88. The molecule has 0 saturated heterocycles. The van der Waals surface area contributed by atoms with Crippen molar-refractivity contribution in [1.29, 1.82) is 0 Å². The predicted octanol–water partition coefficient (Wildman–Crippen LogP) is 1.03. The maximum absolute atomic E-state index is 12.0. The zero-order chi connectivity index (χ0) is 12.5. The van der Waals surface area contributed by atoms with Gasteiger partial charge in [0.05, 0.1) is 12.2 Å². The number of carbonyl (C=O) groups excluding carboxylic acids is 1. The third kappa shape index (κ3) is 3.45. The summed E-state index contributed by atoms with van der Waals surface area (Å²) in [4.78, 5) is 12.0. The van der Waals surface area contributed by atoms with Gasteiger partial charge < -0.3 is 11.1 Å². The molecule has 2 aliphatic rings. The van der Waals surface area contributed by atoms with Crippen LogP contribution in [0, 0.1) is 0 Å². The molecular weight excluding hydrogens is 266 g/mol. The topological polar surface area (TPSA) is 85.8 Å². The first-order valence-corrected chi connectivity index (χ1v) is 6.70. The number of rotatable bonds is 3. The van der Waals surface area contributed by atoms with E-state index >= 15 is 0 Å². The molecule has 0 bridgehead atoms. The number of hydrogen-bond donors (Lipinski definition) is 2. The molecule has 0 unspecified atom stereocenters. The van der Waals surface area contributed by atoms with Gasteiger partial charge in [-0.05, 0) is 38.5 Å². The Morgan fingerprint density at radius 1 is 1.26 bits per heavy atom. The lowest BCUT2D eigenvalue weighted by Gasteiger charge is -2.26. The largest absolute Gasteiger partial charge is 0.348 e. The molecule has 1 aromatic heterocycles. The van der Waals surface area contributed by atoms with E-state index in [1.165, 1.54) is 0 Å². The van der Waals surface area contributed by atoms with Gasteiger partial charge in [0, 0.05) is 12.1 Å². The van der Waals surface area contributed by atoms with Crippen LogP contribution < -0.4 is 11.1 Å². The molecule has 19 heavy (non-hydrogen) atoms. The molecule has 0 aromatic carbocycles. The number of nitrogens with one attached hydrogen (secondary N) is 1. The van der Waals surface area contributed by atoms with E-state index < -0.39 is 0 Å². The lowest BCUT2D eigenvalue weighted by molar-refractivity contribution is 0.0920. The molecule has 7 heteroatoms. The van der Waals surface area contributed by atoms with Crippen LogP contribution >= 0.6 is 12.4 Å². The van der Waals surface area contributed by atoms with Crippen LogP contribution in [0.15, 0.2) is 6.20 Å². The quantitative estimate of drug-likeness (QED) is 0.869. The molecule has 0 radical (unpaired) electrons. The fraction of sp³-hybridized carbons (Fsp3) is 0.750. The van der Waals surface area contributed by atoms with Crippen LogP contribution in [0.2, 0.25) is 0 Å². The van der Waals surface area contributed by atoms with Crippen molar-refractivity contribution in [1.82, 2.24) is 20.3 Å². The molecule has 2 aliphatic carbocycles. The first kappa shape index (κ1) is 14.3. The highest BCUT2D eigenvalue weighted by Crippen LogP contribution is 2.33. The first-order chi connectivity index (χ1) is 8.72. The van der Waals surface area contributed by atoms with Gasteiger partial charge in [-0.1, -0.05) is 5.21 Å². The third-order valence-electron chi connectivity index (χ3n) is 3.77. The molecule has 2 saturated carbocycles. The van der Waals surface area contributed by atoms with Gasteiger partial charge >= 0.3 is 0 Å².